The Morgan fingerprint density at radius 2 is 1.80 bits per heavy atom. The van der Waals surface area contributed by atoms with Crippen molar-refractivity contribution in [1.82, 2.24) is 9.97 Å². The van der Waals surface area contributed by atoms with Crippen LogP contribution in [0.4, 0.5) is 5.69 Å². The number of anilines is 1. The zero-order chi connectivity index (χ0) is 14.7. The minimum absolute atomic E-state index is 0.436. The number of hydrogen-bond donors (Lipinski definition) is 1. The number of nitrogen functional groups attached to an aromatic ring is 1. The van der Waals surface area contributed by atoms with E-state index in [1.54, 1.807) is 0 Å². The molecule has 0 unspecified atom stereocenters. The molecule has 1 aromatic heterocycles. The van der Waals surface area contributed by atoms with Crippen molar-refractivity contribution in [3.63, 3.8) is 0 Å². The Kier molecular flexibility index (Phi) is 4.38. The number of nitrogens with two attached hydrogens (primary N) is 1. The molecular formula is C17H23N3. The highest BCUT2D eigenvalue weighted by molar-refractivity contribution is 5.48. The first-order valence-corrected chi connectivity index (χ1v) is 7.15. The van der Waals surface area contributed by atoms with Crippen LogP contribution in [0.2, 0.25) is 0 Å². The number of nitrogens with zero attached hydrogens (tertiary/aromatic N) is 2. The molecule has 1 aromatic carbocycles. The van der Waals surface area contributed by atoms with Gasteiger partial charge in [0, 0.05) is 23.5 Å². The van der Waals surface area contributed by atoms with E-state index >= 15 is 0 Å². The highest BCUT2D eigenvalue weighted by Gasteiger charge is 2.06. The van der Waals surface area contributed by atoms with Gasteiger partial charge in [-0.3, -0.25) is 0 Å². The van der Waals surface area contributed by atoms with Gasteiger partial charge >= 0.3 is 0 Å². The quantitative estimate of drug-likeness (QED) is 0.863. The lowest BCUT2D eigenvalue weighted by Gasteiger charge is -2.09. The molecule has 2 N–H and O–H groups in total. The van der Waals surface area contributed by atoms with Crippen LogP contribution in [0.3, 0.4) is 0 Å². The zero-order valence-electron chi connectivity index (χ0n) is 12.8. The Morgan fingerprint density at radius 1 is 1.05 bits per heavy atom. The van der Waals surface area contributed by atoms with Gasteiger partial charge in [0.25, 0.3) is 0 Å². The molecule has 0 aliphatic heterocycles. The second-order valence-electron chi connectivity index (χ2n) is 5.70. The molecule has 0 amide bonds. The molecule has 0 atom stereocenters. The standard InChI is InChI=1S/C17H23N3/c1-11(2)16-9-13(4)19-17(20-16)8-7-14-6-5-12(3)15(18)10-14/h5-6,9-11H,7-8,18H2,1-4H3. The normalized spacial score (nSPS) is 11.1. The third-order valence-corrected chi connectivity index (χ3v) is 3.49. The second-order valence-corrected chi connectivity index (χ2v) is 5.70. The molecule has 0 spiro atoms. The molecule has 0 saturated carbocycles. The summed E-state index contributed by atoms with van der Waals surface area (Å²) < 4.78 is 0. The van der Waals surface area contributed by atoms with Crippen molar-refractivity contribution in [1.29, 1.82) is 0 Å². The smallest absolute Gasteiger partial charge is 0.129 e. The molecule has 106 valence electrons. The molecule has 1 heterocycles. The van der Waals surface area contributed by atoms with Crippen molar-refractivity contribution < 1.29 is 0 Å². The van der Waals surface area contributed by atoms with Crippen LogP contribution in [0.1, 0.15) is 48.1 Å². The predicted octanol–water partition coefficient (Wildman–Crippen LogP) is 3.58. The Labute approximate surface area is 121 Å². The minimum Gasteiger partial charge on any atom is -0.399 e. The average molecular weight is 269 g/mol. The maximum absolute atomic E-state index is 5.95. The van der Waals surface area contributed by atoms with Crippen LogP contribution < -0.4 is 5.73 Å². The van der Waals surface area contributed by atoms with E-state index in [-0.39, 0.29) is 0 Å². The summed E-state index contributed by atoms with van der Waals surface area (Å²) in [5, 5.41) is 0. The fourth-order valence-corrected chi connectivity index (χ4v) is 2.17. The second kappa shape index (κ2) is 6.04. The number of benzene rings is 1. The number of aryl methyl sites for hydroxylation is 4. The SMILES string of the molecule is Cc1cc(C(C)C)nc(CCc2ccc(C)c(N)c2)n1. The highest BCUT2D eigenvalue weighted by atomic mass is 14.9. The lowest BCUT2D eigenvalue weighted by Crippen LogP contribution is -2.04. The van der Waals surface area contributed by atoms with E-state index in [1.807, 2.05) is 13.8 Å². The summed E-state index contributed by atoms with van der Waals surface area (Å²) in [7, 11) is 0. The summed E-state index contributed by atoms with van der Waals surface area (Å²) in [6.45, 7) is 8.37. The minimum atomic E-state index is 0.436. The van der Waals surface area contributed by atoms with Gasteiger partial charge in [0.15, 0.2) is 0 Å². The van der Waals surface area contributed by atoms with Crippen LogP contribution in [0.5, 0.6) is 0 Å². The lowest BCUT2D eigenvalue weighted by molar-refractivity contribution is 0.763. The summed E-state index contributed by atoms with van der Waals surface area (Å²) in [4.78, 5) is 9.17. The van der Waals surface area contributed by atoms with Crippen molar-refractivity contribution in [2.45, 2.75) is 46.5 Å². The maximum Gasteiger partial charge on any atom is 0.129 e. The van der Waals surface area contributed by atoms with Crippen LogP contribution in [0.25, 0.3) is 0 Å². The molecular weight excluding hydrogens is 246 g/mol. The molecule has 2 aromatic rings. The van der Waals surface area contributed by atoms with Crippen molar-refractivity contribution in [3.05, 3.63) is 52.6 Å². The molecule has 0 fully saturated rings. The fourth-order valence-electron chi connectivity index (χ4n) is 2.17. The van der Waals surface area contributed by atoms with Gasteiger partial charge in [-0.05, 0) is 49.4 Å². The molecule has 3 nitrogen and oxygen atoms in total. The molecule has 0 bridgehead atoms. The summed E-state index contributed by atoms with van der Waals surface area (Å²) in [5.41, 5.74) is 11.3. The van der Waals surface area contributed by atoms with E-state index in [0.717, 1.165) is 41.3 Å². The van der Waals surface area contributed by atoms with Crippen LogP contribution >= 0.6 is 0 Å². The summed E-state index contributed by atoms with van der Waals surface area (Å²) in [5.74, 6) is 1.36. The summed E-state index contributed by atoms with van der Waals surface area (Å²) in [6.07, 6.45) is 1.77. The monoisotopic (exact) mass is 269 g/mol. The fraction of sp³-hybridized carbons (Fsp3) is 0.412. The molecule has 20 heavy (non-hydrogen) atoms. The van der Waals surface area contributed by atoms with Gasteiger partial charge in [0.1, 0.15) is 5.82 Å². The largest absolute Gasteiger partial charge is 0.399 e. The first-order valence-electron chi connectivity index (χ1n) is 7.15. The molecule has 2 rings (SSSR count). The lowest BCUT2D eigenvalue weighted by atomic mass is 10.1. The molecule has 0 saturated heterocycles. The zero-order valence-corrected chi connectivity index (χ0v) is 12.8. The van der Waals surface area contributed by atoms with E-state index in [2.05, 4.69) is 48.1 Å². The van der Waals surface area contributed by atoms with E-state index in [1.165, 1.54) is 5.56 Å². The first-order chi connectivity index (χ1) is 9.45. The summed E-state index contributed by atoms with van der Waals surface area (Å²) in [6, 6.07) is 8.32. The van der Waals surface area contributed by atoms with Gasteiger partial charge in [-0.15, -0.1) is 0 Å². The van der Waals surface area contributed by atoms with Gasteiger partial charge in [-0.1, -0.05) is 26.0 Å². The highest BCUT2D eigenvalue weighted by Crippen LogP contribution is 2.16. The predicted molar refractivity (Wildman–Crippen MR) is 83.9 cm³/mol. The Bertz CT molecular complexity index is 603. The maximum atomic E-state index is 5.95. The molecule has 0 aliphatic rings. The van der Waals surface area contributed by atoms with E-state index < -0.39 is 0 Å². The molecule has 3 heteroatoms. The average Bonchev–Trinajstić information content (AvgIpc) is 2.39. The summed E-state index contributed by atoms with van der Waals surface area (Å²) >= 11 is 0. The third-order valence-electron chi connectivity index (χ3n) is 3.49. The molecule has 0 aliphatic carbocycles. The van der Waals surface area contributed by atoms with Crippen molar-refractivity contribution in [3.8, 4) is 0 Å². The van der Waals surface area contributed by atoms with Crippen molar-refractivity contribution in [2.75, 3.05) is 5.73 Å². The van der Waals surface area contributed by atoms with Crippen LogP contribution in [0, 0.1) is 13.8 Å². The van der Waals surface area contributed by atoms with Gasteiger partial charge in [-0.25, -0.2) is 9.97 Å². The van der Waals surface area contributed by atoms with Gasteiger partial charge in [0.2, 0.25) is 0 Å². The van der Waals surface area contributed by atoms with Gasteiger partial charge in [-0.2, -0.15) is 0 Å². The van der Waals surface area contributed by atoms with Crippen LogP contribution in [-0.4, -0.2) is 9.97 Å². The number of aromatic nitrogens is 2. The van der Waals surface area contributed by atoms with Crippen molar-refractivity contribution in [2.24, 2.45) is 0 Å². The van der Waals surface area contributed by atoms with Crippen LogP contribution in [0.15, 0.2) is 24.3 Å². The van der Waals surface area contributed by atoms with Crippen LogP contribution in [-0.2, 0) is 12.8 Å². The van der Waals surface area contributed by atoms with E-state index in [4.69, 9.17) is 5.73 Å². The van der Waals surface area contributed by atoms with E-state index in [9.17, 15) is 0 Å². The Hall–Kier alpha value is -1.90. The van der Waals surface area contributed by atoms with Gasteiger partial charge < -0.3 is 5.73 Å². The molecule has 0 radical (unpaired) electrons. The Morgan fingerprint density at radius 3 is 2.45 bits per heavy atom. The van der Waals surface area contributed by atoms with Crippen molar-refractivity contribution >= 4 is 5.69 Å². The Balaban J connectivity index is 2.12. The van der Waals surface area contributed by atoms with E-state index in [0.29, 0.717) is 5.92 Å². The first kappa shape index (κ1) is 14.5. The number of hydrogen-bond acceptors (Lipinski definition) is 3. The van der Waals surface area contributed by atoms with Gasteiger partial charge in [0.05, 0.1) is 0 Å². The third kappa shape index (κ3) is 3.56. The number of rotatable bonds is 4. The topological polar surface area (TPSA) is 51.8 Å².